The first-order chi connectivity index (χ1) is 6.79. The average molecular weight is 208 g/mol. The minimum atomic E-state index is -0.312. The molecule has 0 aliphatic heterocycles. The van der Waals surface area contributed by atoms with Crippen molar-refractivity contribution in [2.75, 3.05) is 0 Å². The number of halogens is 1. The van der Waals surface area contributed by atoms with E-state index in [1.165, 1.54) is 0 Å². The molecule has 1 aliphatic rings. The summed E-state index contributed by atoms with van der Waals surface area (Å²) in [4.78, 5) is 0. The molecule has 0 aromatic heterocycles. The van der Waals surface area contributed by atoms with Gasteiger partial charge in [0.1, 0.15) is 11.8 Å². The summed E-state index contributed by atoms with van der Waals surface area (Å²) in [6, 6.07) is 9.32. The van der Waals surface area contributed by atoms with Crippen LogP contribution in [0.5, 0.6) is 5.75 Å². The maximum atomic E-state index is 8.86. The fourth-order valence-electron chi connectivity index (χ4n) is 1.31. The standard InChI is InChI=1S/C11H10ClNO/c12-9-2-1-3-10(6-9)14-11(7-13)8-4-5-8/h1-3,6,8,11H,4-5H2. The number of nitriles is 1. The van der Waals surface area contributed by atoms with Crippen LogP contribution >= 0.6 is 11.6 Å². The van der Waals surface area contributed by atoms with Crippen molar-refractivity contribution in [3.63, 3.8) is 0 Å². The molecule has 0 N–H and O–H groups in total. The van der Waals surface area contributed by atoms with E-state index in [0.717, 1.165) is 12.8 Å². The van der Waals surface area contributed by atoms with Gasteiger partial charge in [-0.2, -0.15) is 5.26 Å². The first-order valence-electron chi connectivity index (χ1n) is 4.61. The van der Waals surface area contributed by atoms with Gasteiger partial charge in [-0.25, -0.2) is 0 Å². The Morgan fingerprint density at radius 3 is 2.86 bits per heavy atom. The molecule has 3 heteroatoms. The molecule has 0 amide bonds. The van der Waals surface area contributed by atoms with Crippen molar-refractivity contribution in [1.82, 2.24) is 0 Å². The van der Waals surface area contributed by atoms with E-state index in [-0.39, 0.29) is 6.10 Å². The van der Waals surface area contributed by atoms with Crippen LogP contribution in [-0.4, -0.2) is 6.10 Å². The summed E-state index contributed by atoms with van der Waals surface area (Å²) in [7, 11) is 0. The highest BCUT2D eigenvalue weighted by Gasteiger charge is 2.32. The maximum Gasteiger partial charge on any atom is 0.187 e. The number of nitrogens with zero attached hydrogens (tertiary/aromatic N) is 1. The van der Waals surface area contributed by atoms with Crippen molar-refractivity contribution in [2.45, 2.75) is 18.9 Å². The first-order valence-corrected chi connectivity index (χ1v) is 4.99. The van der Waals surface area contributed by atoms with Crippen LogP contribution in [0.4, 0.5) is 0 Å². The quantitative estimate of drug-likeness (QED) is 0.764. The second-order valence-corrected chi connectivity index (χ2v) is 3.90. The van der Waals surface area contributed by atoms with Crippen molar-refractivity contribution in [1.29, 1.82) is 5.26 Å². The summed E-state index contributed by atoms with van der Waals surface area (Å²) in [5.41, 5.74) is 0. The maximum absolute atomic E-state index is 8.86. The SMILES string of the molecule is N#CC(Oc1cccc(Cl)c1)C1CC1. The summed E-state index contributed by atoms with van der Waals surface area (Å²) in [6.07, 6.45) is 1.88. The molecule has 2 rings (SSSR count). The zero-order chi connectivity index (χ0) is 9.97. The Kier molecular flexibility index (Phi) is 2.60. The van der Waals surface area contributed by atoms with Crippen molar-refractivity contribution in [3.05, 3.63) is 29.3 Å². The molecule has 1 aromatic carbocycles. The molecule has 0 saturated heterocycles. The molecule has 0 radical (unpaired) electrons. The van der Waals surface area contributed by atoms with Gasteiger partial charge in [0.2, 0.25) is 0 Å². The Balaban J connectivity index is 2.05. The van der Waals surface area contributed by atoms with Gasteiger partial charge in [0.15, 0.2) is 6.10 Å². The van der Waals surface area contributed by atoms with Crippen molar-refractivity contribution in [3.8, 4) is 11.8 Å². The molecule has 1 aliphatic carbocycles. The van der Waals surface area contributed by atoms with Crippen molar-refractivity contribution >= 4 is 11.6 Å². The lowest BCUT2D eigenvalue weighted by atomic mass is 10.2. The van der Waals surface area contributed by atoms with E-state index in [1.54, 1.807) is 12.1 Å². The van der Waals surface area contributed by atoms with Crippen LogP contribution in [0.2, 0.25) is 5.02 Å². The Bertz CT molecular complexity index is 368. The summed E-state index contributed by atoms with van der Waals surface area (Å²) in [5.74, 6) is 1.09. The van der Waals surface area contributed by atoms with Crippen LogP contribution in [0.1, 0.15) is 12.8 Å². The highest BCUT2D eigenvalue weighted by Crippen LogP contribution is 2.34. The van der Waals surface area contributed by atoms with E-state index < -0.39 is 0 Å². The topological polar surface area (TPSA) is 33.0 Å². The van der Waals surface area contributed by atoms with Crippen LogP contribution in [0, 0.1) is 17.2 Å². The van der Waals surface area contributed by atoms with Crippen molar-refractivity contribution in [2.24, 2.45) is 5.92 Å². The monoisotopic (exact) mass is 207 g/mol. The number of hydrogen-bond donors (Lipinski definition) is 0. The lowest BCUT2D eigenvalue weighted by molar-refractivity contribution is 0.233. The van der Waals surface area contributed by atoms with Gasteiger partial charge >= 0.3 is 0 Å². The molecule has 1 atom stereocenters. The average Bonchev–Trinajstić information content (AvgIpc) is 2.97. The second kappa shape index (κ2) is 3.89. The Hall–Kier alpha value is -1.20. The zero-order valence-corrected chi connectivity index (χ0v) is 8.37. The summed E-state index contributed by atoms with van der Waals surface area (Å²) in [5, 5.41) is 9.49. The van der Waals surface area contributed by atoms with Crippen LogP contribution in [0.3, 0.4) is 0 Å². The number of benzene rings is 1. The molecule has 0 spiro atoms. The van der Waals surface area contributed by atoms with E-state index in [9.17, 15) is 0 Å². The fourth-order valence-corrected chi connectivity index (χ4v) is 1.49. The number of rotatable bonds is 3. The fraction of sp³-hybridized carbons (Fsp3) is 0.364. The first kappa shape index (κ1) is 9.36. The van der Waals surface area contributed by atoms with Gasteiger partial charge in [-0.1, -0.05) is 17.7 Å². The van der Waals surface area contributed by atoms with Gasteiger partial charge in [0, 0.05) is 10.9 Å². The molecule has 14 heavy (non-hydrogen) atoms. The van der Waals surface area contributed by atoms with Crippen molar-refractivity contribution < 1.29 is 4.74 Å². The lowest BCUT2D eigenvalue weighted by Crippen LogP contribution is -2.16. The summed E-state index contributed by atoms with van der Waals surface area (Å²) < 4.78 is 5.52. The van der Waals surface area contributed by atoms with Gasteiger partial charge in [-0.15, -0.1) is 0 Å². The van der Waals surface area contributed by atoms with Crippen LogP contribution in [-0.2, 0) is 0 Å². The summed E-state index contributed by atoms with van der Waals surface area (Å²) >= 11 is 5.80. The third-order valence-electron chi connectivity index (χ3n) is 2.24. The Morgan fingerprint density at radius 1 is 1.50 bits per heavy atom. The number of hydrogen-bond acceptors (Lipinski definition) is 2. The predicted molar refractivity (Wildman–Crippen MR) is 54.2 cm³/mol. The van der Waals surface area contributed by atoms with Crippen LogP contribution in [0.25, 0.3) is 0 Å². The Labute approximate surface area is 88.1 Å². The smallest absolute Gasteiger partial charge is 0.187 e. The Morgan fingerprint density at radius 2 is 2.29 bits per heavy atom. The lowest BCUT2D eigenvalue weighted by Gasteiger charge is -2.10. The summed E-state index contributed by atoms with van der Waals surface area (Å²) in [6.45, 7) is 0. The van der Waals surface area contributed by atoms with Crippen LogP contribution in [0.15, 0.2) is 24.3 Å². The highest BCUT2D eigenvalue weighted by atomic mass is 35.5. The molecule has 0 bridgehead atoms. The van der Waals surface area contributed by atoms with E-state index in [0.29, 0.717) is 16.7 Å². The third kappa shape index (κ3) is 2.18. The van der Waals surface area contributed by atoms with Gasteiger partial charge in [0.25, 0.3) is 0 Å². The third-order valence-corrected chi connectivity index (χ3v) is 2.47. The number of ether oxygens (including phenoxy) is 1. The molecular formula is C11H10ClNO. The van der Waals surface area contributed by atoms with Gasteiger partial charge in [0.05, 0.1) is 0 Å². The molecule has 1 saturated carbocycles. The molecule has 2 nitrogen and oxygen atoms in total. The minimum absolute atomic E-state index is 0.312. The molecule has 1 unspecified atom stereocenters. The van der Waals surface area contributed by atoms with E-state index in [4.69, 9.17) is 21.6 Å². The molecule has 1 aromatic rings. The van der Waals surface area contributed by atoms with E-state index >= 15 is 0 Å². The minimum Gasteiger partial charge on any atom is -0.475 e. The van der Waals surface area contributed by atoms with Gasteiger partial charge < -0.3 is 4.74 Å². The molecule has 72 valence electrons. The highest BCUT2D eigenvalue weighted by molar-refractivity contribution is 6.30. The van der Waals surface area contributed by atoms with Gasteiger partial charge in [-0.05, 0) is 31.0 Å². The normalized spacial score (nSPS) is 17.1. The van der Waals surface area contributed by atoms with Crippen LogP contribution < -0.4 is 4.74 Å². The molecule has 1 fully saturated rings. The predicted octanol–water partition coefficient (Wildman–Crippen LogP) is 3.02. The zero-order valence-electron chi connectivity index (χ0n) is 7.61. The van der Waals surface area contributed by atoms with E-state index in [2.05, 4.69) is 6.07 Å². The molecule has 0 heterocycles. The van der Waals surface area contributed by atoms with Gasteiger partial charge in [-0.3, -0.25) is 0 Å². The van der Waals surface area contributed by atoms with E-state index in [1.807, 2.05) is 12.1 Å². The second-order valence-electron chi connectivity index (χ2n) is 3.46. The largest absolute Gasteiger partial charge is 0.475 e. The molecular weight excluding hydrogens is 198 g/mol.